The summed E-state index contributed by atoms with van der Waals surface area (Å²) in [6, 6.07) is 12.2. The quantitative estimate of drug-likeness (QED) is 0.320. The van der Waals surface area contributed by atoms with E-state index in [2.05, 4.69) is 32.0 Å². The van der Waals surface area contributed by atoms with Crippen LogP contribution in [0.3, 0.4) is 0 Å². The lowest BCUT2D eigenvalue weighted by atomic mass is 10.1. The number of morpholine rings is 1. The number of ether oxygens (including phenoxy) is 3. The Morgan fingerprint density at radius 3 is 2.38 bits per heavy atom. The minimum absolute atomic E-state index is 0. The number of anilines is 2. The molecule has 10 heteroatoms. The van der Waals surface area contributed by atoms with E-state index in [0.717, 1.165) is 91.0 Å². The second-order valence-electron chi connectivity index (χ2n) is 8.86. The lowest BCUT2D eigenvalue weighted by Gasteiger charge is -2.29. The fourth-order valence-corrected chi connectivity index (χ4v) is 4.49. The number of aromatic nitrogens is 4. The number of hydrogen-bond acceptors (Lipinski definition) is 8. The van der Waals surface area contributed by atoms with Crippen molar-refractivity contribution in [3.8, 4) is 22.8 Å². The van der Waals surface area contributed by atoms with Gasteiger partial charge in [0.25, 0.3) is 0 Å². The SMILES string of the molecule is COc1cc(OC)cc(N(CCCN2CCOCC2)c2ccc3ncc(-c4cnn(C)c4)nc3c2)c1.Cl. The molecular formula is C27H33ClN6O3. The maximum atomic E-state index is 5.56. The van der Waals surface area contributed by atoms with Crippen molar-refractivity contribution < 1.29 is 14.2 Å². The van der Waals surface area contributed by atoms with Gasteiger partial charge in [-0.3, -0.25) is 14.6 Å². The summed E-state index contributed by atoms with van der Waals surface area (Å²) in [5.41, 5.74) is 5.47. The first-order chi connectivity index (χ1) is 17.6. The number of benzene rings is 2. The number of nitrogens with zero attached hydrogens (tertiary/aromatic N) is 6. The van der Waals surface area contributed by atoms with Crippen molar-refractivity contribution in [3.05, 3.63) is 55.0 Å². The molecule has 1 saturated heterocycles. The maximum Gasteiger partial charge on any atom is 0.124 e. The molecule has 9 nitrogen and oxygen atoms in total. The van der Waals surface area contributed by atoms with Gasteiger partial charge in [0.2, 0.25) is 0 Å². The molecule has 1 aliphatic rings. The minimum atomic E-state index is 0. The molecule has 0 N–H and O–H groups in total. The van der Waals surface area contributed by atoms with Crippen LogP contribution in [0.2, 0.25) is 0 Å². The molecule has 0 spiro atoms. The topological polar surface area (TPSA) is 77.8 Å². The van der Waals surface area contributed by atoms with Crippen LogP contribution in [-0.2, 0) is 11.8 Å². The summed E-state index contributed by atoms with van der Waals surface area (Å²) in [6.07, 6.45) is 6.55. The van der Waals surface area contributed by atoms with Crippen LogP contribution in [0.5, 0.6) is 11.5 Å². The summed E-state index contributed by atoms with van der Waals surface area (Å²) >= 11 is 0. The molecule has 196 valence electrons. The smallest absolute Gasteiger partial charge is 0.124 e. The summed E-state index contributed by atoms with van der Waals surface area (Å²) in [6.45, 7) is 5.42. The zero-order chi connectivity index (χ0) is 24.9. The van der Waals surface area contributed by atoms with Gasteiger partial charge in [0.05, 0.1) is 56.6 Å². The lowest BCUT2D eigenvalue weighted by molar-refractivity contribution is 0.0377. The van der Waals surface area contributed by atoms with Crippen LogP contribution in [0, 0.1) is 0 Å². The van der Waals surface area contributed by atoms with Crippen LogP contribution in [0.4, 0.5) is 11.4 Å². The third kappa shape index (κ3) is 6.30. The average molecular weight is 525 g/mol. The van der Waals surface area contributed by atoms with Gasteiger partial charge in [-0.1, -0.05) is 0 Å². The van der Waals surface area contributed by atoms with Gasteiger partial charge in [0, 0.05) is 74.6 Å². The van der Waals surface area contributed by atoms with Crippen LogP contribution in [0.25, 0.3) is 22.3 Å². The predicted octanol–water partition coefficient (Wildman–Crippen LogP) is 4.33. The van der Waals surface area contributed by atoms with Crippen LogP contribution < -0.4 is 14.4 Å². The van der Waals surface area contributed by atoms with Crippen LogP contribution >= 0.6 is 12.4 Å². The number of rotatable bonds is 9. The molecule has 2 aromatic heterocycles. The Morgan fingerprint density at radius 2 is 1.70 bits per heavy atom. The molecule has 0 radical (unpaired) electrons. The number of methoxy groups -OCH3 is 2. The van der Waals surface area contributed by atoms with Gasteiger partial charge in [-0.2, -0.15) is 5.10 Å². The van der Waals surface area contributed by atoms with E-state index in [9.17, 15) is 0 Å². The second-order valence-corrected chi connectivity index (χ2v) is 8.86. The monoisotopic (exact) mass is 524 g/mol. The first-order valence-electron chi connectivity index (χ1n) is 12.2. The third-order valence-corrected chi connectivity index (χ3v) is 6.45. The summed E-state index contributed by atoms with van der Waals surface area (Å²) in [5, 5.41) is 4.27. The van der Waals surface area contributed by atoms with Crippen LogP contribution in [-0.4, -0.2) is 78.3 Å². The Kier molecular flexibility index (Phi) is 8.81. The molecule has 0 bridgehead atoms. The van der Waals surface area contributed by atoms with Crippen LogP contribution in [0.1, 0.15) is 6.42 Å². The van der Waals surface area contributed by atoms with Crippen molar-refractivity contribution >= 4 is 34.8 Å². The van der Waals surface area contributed by atoms with Gasteiger partial charge in [0.15, 0.2) is 0 Å². The van der Waals surface area contributed by atoms with Gasteiger partial charge >= 0.3 is 0 Å². The molecule has 2 aromatic carbocycles. The third-order valence-electron chi connectivity index (χ3n) is 6.45. The van der Waals surface area contributed by atoms with Gasteiger partial charge < -0.3 is 19.1 Å². The summed E-state index contributed by atoms with van der Waals surface area (Å²) < 4.78 is 18.4. The zero-order valence-electron chi connectivity index (χ0n) is 21.5. The van der Waals surface area contributed by atoms with E-state index in [-0.39, 0.29) is 12.4 Å². The maximum absolute atomic E-state index is 5.56. The predicted molar refractivity (Wildman–Crippen MR) is 147 cm³/mol. The standard InChI is InChI=1S/C27H32N6O3.ClH/c1-31-19-20(17-29-31)27-18-28-25-6-5-21(15-26(25)30-27)33(8-4-7-32-9-11-36-12-10-32)22-13-23(34-2)16-24(14-22)35-3;/h5-6,13-19H,4,7-12H2,1-3H3;1H. The Balaban J connectivity index is 0.00000320. The number of fused-ring (bicyclic) bond motifs is 1. The fraction of sp³-hybridized carbons (Fsp3) is 0.370. The van der Waals surface area contributed by atoms with Gasteiger partial charge in [-0.15, -0.1) is 12.4 Å². The number of halogens is 1. The van der Waals surface area contributed by atoms with Gasteiger partial charge in [-0.25, -0.2) is 4.98 Å². The highest BCUT2D eigenvalue weighted by molar-refractivity contribution is 5.85. The Morgan fingerprint density at radius 1 is 0.946 bits per heavy atom. The van der Waals surface area contributed by atoms with Crippen molar-refractivity contribution in [2.75, 3.05) is 58.5 Å². The Bertz CT molecular complexity index is 1300. The molecule has 0 saturated carbocycles. The normalized spacial score (nSPS) is 13.8. The molecule has 37 heavy (non-hydrogen) atoms. The molecule has 0 amide bonds. The lowest BCUT2D eigenvalue weighted by Crippen LogP contribution is -2.37. The van der Waals surface area contributed by atoms with Crippen molar-refractivity contribution in [1.29, 1.82) is 0 Å². The highest BCUT2D eigenvalue weighted by Crippen LogP contribution is 2.34. The minimum Gasteiger partial charge on any atom is -0.497 e. The van der Waals surface area contributed by atoms with Crippen LogP contribution in [0.15, 0.2) is 55.0 Å². The second kappa shape index (κ2) is 12.2. The molecule has 3 heterocycles. The molecule has 0 atom stereocenters. The van der Waals surface area contributed by atoms with E-state index in [0.29, 0.717) is 0 Å². The first-order valence-corrected chi connectivity index (χ1v) is 12.2. The summed E-state index contributed by atoms with van der Waals surface area (Å²) in [5.74, 6) is 1.50. The Labute approximate surface area is 223 Å². The highest BCUT2D eigenvalue weighted by Gasteiger charge is 2.16. The van der Waals surface area contributed by atoms with Crippen molar-refractivity contribution in [2.24, 2.45) is 7.05 Å². The van der Waals surface area contributed by atoms with Crippen molar-refractivity contribution in [2.45, 2.75) is 6.42 Å². The Hall–Kier alpha value is -3.40. The molecule has 1 aliphatic heterocycles. The largest absolute Gasteiger partial charge is 0.497 e. The van der Waals surface area contributed by atoms with Gasteiger partial charge in [-0.05, 0) is 24.6 Å². The number of hydrogen-bond donors (Lipinski definition) is 0. The summed E-state index contributed by atoms with van der Waals surface area (Å²) in [7, 11) is 5.24. The van der Waals surface area contributed by atoms with E-state index >= 15 is 0 Å². The molecule has 5 rings (SSSR count). The molecule has 4 aromatic rings. The van der Waals surface area contributed by atoms with Crippen molar-refractivity contribution in [3.63, 3.8) is 0 Å². The molecule has 0 unspecified atom stereocenters. The first kappa shape index (κ1) is 26.7. The van der Waals surface area contributed by atoms with E-state index in [1.165, 1.54) is 0 Å². The van der Waals surface area contributed by atoms with E-state index < -0.39 is 0 Å². The van der Waals surface area contributed by atoms with Crippen molar-refractivity contribution in [1.82, 2.24) is 24.6 Å². The number of aryl methyl sites for hydroxylation is 1. The average Bonchev–Trinajstić information content (AvgIpc) is 3.37. The fourth-order valence-electron chi connectivity index (χ4n) is 4.49. The molecule has 0 aliphatic carbocycles. The van der Waals surface area contributed by atoms with E-state index in [4.69, 9.17) is 19.2 Å². The van der Waals surface area contributed by atoms with E-state index in [1.54, 1.807) is 31.3 Å². The highest BCUT2D eigenvalue weighted by atomic mass is 35.5. The summed E-state index contributed by atoms with van der Waals surface area (Å²) in [4.78, 5) is 14.3. The molecular weight excluding hydrogens is 492 g/mol. The van der Waals surface area contributed by atoms with E-state index in [1.807, 2.05) is 37.5 Å². The zero-order valence-corrected chi connectivity index (χ0v) is 22.3. The molecule has 1 fully saturated rings. The van der Waals surface area contributed by atoms with Gasteiger partial charge in [0.1, 0.15) is 11.5 Å².